The summed E-state index contributed by atoms with van der Waals surface area (Å²) in [4.78, 5) is 18.7. The molecule has 1 aromatic heterocycles. The van der Waals surface area contributed by atoms with Gasteiger partial charge in [0.2, 0.25) is 0 Å². The molecule has 7 heteroatoms. The fourth-order valence-corrected chi connectivity index (χ4v) is 2.83. The lowest BCUT2D eigenvalue weighted by molar-refractivity contribution is 0.0791. The van der Waals surface area contributed by atoms with Crippen molar-refractivity contribution >= 4 is 40.6 Å². The first-order chi connectivity index (χ1) is 11.0. The van der Waals surface area contributed by atoms with Gasteiger partial charge in [0.05, 0.1) is 15.6 Å². The second kappa shape index (κ2) is 6.74. The molecule has 1 saturated heterocycles. The summed E-state index contributed by atoms with van der Waals surface area (Å²) in [5.41, 5.74) is 7.10. The monoisotopic (exact) mass is 350 g/mol. The number of benzene rings is 1. The van der Waals surface area contributed by atoms with Crippen molar-refractivity contribution in [2.45, 2.75) is 12.5 Å². The molecule has 0 bridgehead atoms. The molecule has 0 saturated carbocycles. The number of aromatic nitrogens is 1. The third-order valence-electron chi connectivity index (χ3n) is 3.73. The number of halogens is 2. The molecule has 1 amide bonds. The van der Waals surface area contributed by atoms with Gasteiger partial charge in [0.1, 0.15) is 5.82 Å². The number of likely N-dealkylation sites (tertiary alicyclic amines) is 1. The number of nitrogens with zero attached hydrogens (tertiary/aromatic N) is 2. The van der Waals surface area contributed by atoms with Crippen molar-refractivity contribution in [3.05, 3.63) is 52.1 Å². The minimum absolute atomic E-state index is 0.0436. The van der Waals surface area contributed by atoms with Crippen LogP contribution in [-0.2, 0) is 0 Å². The van der Waals surface area contributed by atoms with Crippen molar-refractivity contribution in [3.8, 4) is 0 Å². The zero-order valence-corrected chi connectivity index (χ0v) is 13.8. The van der Waals surface area contributed by atoms with E-state index in [2.05, 4.69) is 10.3 Å². The third-order valence-corrected chi connectivity index (χ3v) is 4.47. The van der Waals surface area contributed by atoms with Gasteiger partial charge in [0.15, 0.2) is 0 Å². The van der Waals surface area contributed by atoms with Gasteiger partial charge in [0.25, 0.3) is 5.91 Å². The molecular formula is C16H16Cl2N4O. The Kier molecular flexibility index (Phi) is 4.71. The Morgan fingerprint density at radius 3 is 2.83 bits per heavy atom. The van der Waals surface area contributed by atoms with E-state index in [1.165, 1.54) is 0 Å². The molecule has 120 valence electrons. The zero-order chi connectivity index (χ0) is 16.4. The van der Waals surface area contributed by atoms with E-state index >= 15 is 0 Å². The molecule has 5 nitrogen and oxygen atoms in total. The summed E-state index contributed by atoms with van der Waals surface area (Å²) in [6, 6.07) is 8.70. The van der Waals surface area contributed by atoms with Crippen molar-refractivity contribution in [2.24, 2.45) is 5.73 Å². The van der Waals surface area contributed by atoms with E-state index in [1.807, 2.05) is 0 Å². The lowest BCUT2D eigenvalue weighted by atomic mass is 10.2. The normalized spacial score (nSPS) is 17.3. The maximum Gasteiger partial charge on any atom is 0.257 e. The zero-order valence-electron chi connectivity index (χ0n) is 12.3. The van der Waals surface area contributed by atoms with E-state index in [9.17, 15) is 4.79 Å². The second-order valence-electron chi connectivity index (χ2n) is 5.45. The molecule has 3 rings (SSSR count). The quantitative estimate of drug-likeness (QED) is 0.890. The number of rotatable bonds is 3. The van der Waals surface area contributed by atoms with Crippen molar-refractivity contribution in [2.75, 3.05) is 18.4 Å². The molecule has 3 N–H and O–H groups in total. The smallest absolute Gasteiger partial charge is 0.257 e. The lowest BCUT2D eigenvalue weighted by Gasteiger charge is -2.18. The number of hydrogen-bond acceptors (Lipinski definition) is 4. The predicted molar refractivity (Wildman–Crippen MR) is 92.5 cm³/mol. The molecule has 2 aromatic rings. The van der Waals surface area contributed by atoms with Crippen LogP contribution in [0.5, 0.6) is 0 Å². The van der Waals surface area contributed by atoms with Gasteiger partial charge in [-0.25, -0.2) is 4.98 Å². The molecule has 2 heterocycles. The highest BCUT2D eigenvalue weighted by Crippen LogP contribution is 2.28. The molecule has 1 unspecified atom stereocenters. The maximum atomic E-state index is 12.7. The Labute approximate surface area is 144 Å². The SMILES string of the molecule is NC1CCN(C(=O)c2cccnc2Nc2ccc(Cl)c(Cl)c2)C1. The van der Waals surface area contributed by atoms with Crippen molar-refractivity contribution < 1.29 is 4.79 Å². The third kappa shape index (κ3) is 3.58. The Hall–Kier alpha value is -1.82. The topological polar surface area (TPSA) is 71.2 Å². The largest absolute Gasteiger partial charge is 0.340 e. The van der Waals surface area contributed by atoms with Crippen LogP contribution in [0.2, 0.25) is 10.0 Å². The fraction of sp³-hybridized carbons (Fsp3) is 0.250. The second-order valence-corrected chi connectivity index (χ2v) is 6.27. The van der Waals surface area contributed by atoms with Crippen LogP contribution in [0.4, 0.5) is 11.5 Å². The van der Waals surface area contributed by atoms with Gasteiger partial charge >= 0.3 is 0 Å². The summed E-state index contributed by atoms with van der Waals surface area (Å²) in [6.07, 6.45) is 2.45. The van der Waals surface area contributed by atoms with Crippen LogP contribution in [-0.4, -0.2) is 34.9 Å². The first-order valence-corrected chi connectivity index (χ1v) is 8.02. The summed E-state index contributed by atoms with van der Waals surface area (Å²) in [6.45, 7) is 1.24. The predicted octanol–water partition coefficient (Wildman–Crippen LogP) is 3.31. The summed E-state index contributed by atoms with van der Waals surface area (Å²) in [7, 11) is 0. The molecule has 1 aromatic carbocycles. The number of nitrogens with one attached hydrogen (secondary N) is 1. The molecule has 0 spiro atoms. The van der Waals surface area contributed by atoms with Crippen LogP contribution in [0.15, 0.2) is 36.5 Å². The average Bonchev–Trinajstić information content (AvgIpc) is 2.97. The number of nitrogens with two attached hydrogens (primary N) is 1. The van der Waals surface area contributed by atoms with Gasteiger partial charge in [0, 0.05) is 31.0 Å². The van der Waals surface area contributed by atoms with Gasteiger partial charge in [-0.3, -0.25) is 4.79 Å². The van der Waals surface area contributed by atoms with Crippen LogP contribution in [0.25, 0.3) is 0 Å². The van der Waals surface area contributed by atoms with Gasteiger partial charge in [-0.05, 0) is 36.8 Å². The highest BCUT2D eigenvalue weighted by Gasteiger charge is 2.26. The summed E-state index contributed by atoms with van der Waals surface area (Å²) < 4.78 is 0. The van der Waals surface area contributed by atoms with Crippen LogP contribution < -0.4 is 11.1 Å². The minimum atomic E-state index is -0.0754. The van der Waals surface area contributed by atoms with E-state index in [1.54, 1.807) is 41.4 Å². The Bertz CT molecular complexity index is 738. The number of carbonyl (C=O) groups is 1. The average molecular weight is 351 g/mol. The molecule has 0 aliphatic carbocycles. The van der Waals surface area contributed by atoms with E-state index in [0.717, 1.165) is 6.42 Å². The van der Waals surface area contributed by atoms with Crippen LogP contribution in [0, 0.1) is 0 Å². The van der Waals surface area contributed by atoms with Crippen LogP contribution >= 0.6 is 23.2 Å². The summed E-state index contributed by atoms with van der Waals surface area (Å²) >= 11 is 11.9. The van der Waals surface area contributed by atoms with E-state index in [-0.39, 0.29) is 11.9 Å². The highest BCUT2D eigenvalue weighted by molar-refractivity contribution is 6.42. The number of pyridine rings is 1. The Balaban J connectivity index is 1.85. The number of carbonyl (C=O) groups excluding carboxylic acids is 1. The van der Waals surface area contributed by atoms with Gasteiger partial charge in [-0.15, -0.1) is 0 Å². The van der Waals surface area contributed by atoms with Gasteiger partial charge < -0.3 is 16.0 Å². The molecule has 1 aliphatic rings. The first kappa shape index (κ1) is 16.1. The van der Waals surface area contributed by atoms with Gasteiger partial charge in [-0.2, -0.15) is 0 Å². The van der Waals surface area contributed by atoms with E-state index in [4.69, 9.17) is 28.9 Å². The molecular weight excluding hydrogens is 335 g/mol. The molecule has 1 aliphatic heterocycles. The molecule has 0 radical (unpaired) electrons. The standard InChI is InChI=1S/C16H16Cl2N4O/c17-13-4-3-11(8-14(13)18)21-15-12(2-1-6-20-15)16(23)22-7-5-10(19)9-22/h1-4,6,8,10H,5,7,9,19H2,(H,20,21). The Morgan fingerprint density at radius 2 is 2.13 bits per heavy atom. The lowest BCUT2D eigenvalue weighted by Crippen LogP contribution is -2.32. The first-order valence-electron chi connectivity index (χ1n) is 7.26. The number of anilines is 2. The molecule has 23 heavy (non-hydrogen) atoms. The maximum absolute atomic E-state index is 12.7. The van der Waals surface area contributed by atoms with Crippen molar-refractivity contribution in [3.63, 3.8) is 0 Å². The molecule has 1 fully saturated rings. The van der Waals surface area contributed by atoms with Crippen molar-refractivity contribution in [1.29, 1.82) is 0 Å². The minimum Gasteiger partial charge on any atom is -0.340 e. The van der Waals surface area contributed by atoms with Gasteiger partial charge in [-0.1, -0.05) is 23.2 Å². The summed E-state index contributed by atoms with van der Waals surface area (Å²) in [5.74, 6) is 0.407. The number of hydrogen-bond donors (Lipinski definition) is 2. The highest BCUT2D eigenvalue weighted by atomic mass is 35.5. The van der Waals surface area contributed by atoms with E-state index in [0.29, 0.717) is 40.2 Å². The number of amides is 1. The summed E-state index contributed by atoms with van der Waals surface area (Å²) in [5, 5.41) is 4.03. The van der Waals surface area contributed by atoms with Crippen molar-refractivity contribution in [1.82, 2.24) is 9.88 Å². The molecule has 1 atom stereocenters. The van der Waals surface area contributed by atoms with Crippen LogP contribution in [0.1, 0.15) is 16.8 Å². The Morgan fingerprint density at radius 1 is 1.30 bits per heavy atom. The van der Waals surface area contributed by atoms with Crippen LogP contribution in [0.3, 0.4) is 0 Å². The fourth-order valence-electron chi connectivity index (χ4n) is 2.53. The van der Waals surface area contributed by atoms with E-state index < -0.39 is 0 Å².